The van der Waals surface area contributed by atoms with E-state index in [2.05, 4.69) is 36.1 Å². The van der Waals surface area contributed by atoms with Crippen molar-refractivity contribution in [1.82, 2.24) is 4.90 Å². The number of piperidine rings is 1. The molecule has 2 aliphatic rings. The van der Waals surface area contributed by atoms with E-state index in [1.54, 1.807) is 0 Å². The Morgan fingerprint density at radius 3 is 2.54 bits per heavy atom. The number of benzene rings is 2. The summed E-state index contributed by atoms with van der Waals surface area (Å²) in [5, 5.41) is 10.8. The van der Waals surface area contributed by atoms with Crippen LogP contribution in [-0.4, -0.2) is 34.5 Å². The fourth-order valence-corrected chi connectivity index (χ4v) is 4.59. The number of hydrogen-bond donors (Lipinski definition) is 0. The number of nitro benzene ring substituents is 1. The number of nitrogens with zero attached hydrogens (tertiary/aromatic N) is 2. The summed E-state index contributed by atoms with van der Waals surface area (Å²) in [6, 6.07) is 16.8. The largest absolute Gasteiger partial charge is 0.457 e. The van der Waals surface area contributed by atoms with Gasteiger partial charge in [0.25, 0.3) is 5.69 Å². The van der Waals surface area contributed by atoms with Crippen LogP contribution in [0.5, 0.6) is 0 Å². The van der Waals surface area contributed by atoms with Crippen molar-refractivity contribution in [2.45, 2.75) is 44.4 Å². The number of esters is 1. The molecule has 2 aromatic rings. The Balaban J connectivity index is 1.47. The zero-order valence-electron chi connectivity index (χ0n) is 15.9. The van der Waals surface area contributed by atoms with E-state index in [1.165, 1.54) is 29.8 Å². The maximum Gasteiger partial charge on any atom is 0.338 e. The van der Waals surface area contributed by atoms with Crippen molar-refractivity contribution in [2.24, 2.45) is 5.92 Å². The Kier molecular flexibility index (Phi) is 5.13. The number of nitro groups is 1. The average Bonchev–Trinajstić information content (AvgIpc) is 3.14. The van der Waals surface area contributed by atoms with Gasteiger partial charge < -0.3 is 4.74 Å². The van der Waals surface area contributed by atoms with E-state index in [9.17, 15) is 14.9 Å². The second-order valence-electron chi connectivity index (χ2n) is 7.76. The summed E-state index contributed by atoms with van der Waals surface area (Å²) in [6.45, 7) is 2.94. The third-order valence-electron chi connectivity index (χ3n) is 6.18. The number of rotatable bonds is 5. The van der Waals surface area contributed by atoms with E-state index in [0.29, 0.717) is 17.5 Å². The summed E-state index contributed by atoms with van der Waals surface area (Å²) in [4.78, 5) is 25.4. The molecular formula is C22H24N2O4. The molecule has 1 saturated heterocycles. The fourth-order valence-electron chi connectivity index (χ4n) is 4.59. The molecule has 4 rings (SSSR count). The molecule has 0 spiro atoms. The zero-order chi connectivity index (χ0) is 19.7. The number of hydrogen-bond acceptors (Lipinski definition) is 5. The first-order valence-electron chi connectivity index (χ1n) is 9.79. The first kappa shape index (κ1) is 18.6. The summed E-state index contributed by atoms with van der Waals surface area (Å²) in [5.41, 5.74) is 1.59. The van der Waals surface area contributed by atoms with E-state index in [-0.39, 0.29) is 17.8 Å². The van der Waals surface area contributed by atoms with Gasteiger partial charge in [0.05, 0.1) is 10.5 Å². The Labute approximate surface area is 164 Å². The van der Waals surface area contributed by atoms with Crippen LogP contribution in [0.4, 0.5) is 5.69 Å². The Morgan fingerprint density at radius 2 is 1.86 bits per heavy atom. The third-order valence-corrected chi connectivity index (χ3v) is 6.18. The van der Waals surface area contributed by atoms with Crippen molar-refractivity contribution >= 4 is 11.7 Å². The van der Waals surface area contributed by atoms with Crippen LogP contribution >= 0.6 is 0 Å². The van der Waals surface area contributed by atoms with Gasteiger partial charge in [0.1, 0.15) is 6.10 Å². The minimum absolute atomic E-state index is 0.0317. The molecule has 6 heteroatoms. The molecule has 2 fully saturated rings. The lowest BCUT2D eigenvalue weighted by Crippen LogP contribution is -2.48. The van der Waals surface area contributed by atoms with Crippen LogP contribution in [0.25, 0.3) is 0 Å². The van der Waals surface area contributed by atoms with E-state index < -0.39 is 10.9 Å². The quantitative estimate of drug-likeness (QED) is 0.438. The molecule has 1 heterocycles. The lowest BCUT2D eigenvalue weighted by molar-refractivity contribution is -0.384. The molecule has 146 valence electrons. The van der Waals surface area contributed by atoms with Crippen molar-refractivity contribution in [3.63, 3.8) is 0 Å². The topological polar surface area (TPSA) is 72.7 Å². The summed E-state index contributed by atoms with van der Waals surface area (Å²) < 4.78 is 5.87. The van der Waals surface area contributed by atoms with Crippen molar-refractivity contribution in [3.8, 4) is 0 Å². The first-order valence-corrected chi connectivity index (χ1v) is 9.79. The van der Waals surface area contributed by atoms with Crippen molar-refractivity contribution in [2.75, 3.05) is 6.54 Å². The highest BCUT2D eigenvalue weighted by atomic mass is 16.6. The maximum absolute atomic E-state index is 12.6. The maximum atomic E-state index is 12.6. The highest BCUT2D eigenvalue weighted by Gasteiger charge is 2.43. The lowest BCUT2D eigenvalue weighted by atomic mass is 9.93. The minimum atomic E-state index is -0.474. The molecule has 0 unspecified atom stereocenters. The average molecular weight is 380 g/mol. The number of non-ortho nitro benzene ring substituents is 1. The molecule has 28 heavy (non-hydrogen) atoms. The fraction of sp³-hybridized carbons (Fsp3) is 0.409. The van der Waals surface area contributed by atoms with Gasteiger partial charge in [0.15, 0.2) is 0 Å². The Hall–Kier alpha value is -2.73. The van der Waals surface area contributed by atoms with Crippen LogP contribution in [0.2, 0.25) is 0 Å². The van der Waals surface area contributed by atoms with Gasteiger partial charge in [-0.3, -0.25) is 15.0 Å². The van der Waals surface area contributed by atoms with Gasteiger partial charge in [-0.05, 0) is 49.8 Å². The van der Waals surface area contributed by atoms with Crippen LogP contribution in [0.15, 0.2) is 54.6 Å². The molecule has 4 atom stereocenters. The summed E-state index contributed by atoms with van der Waals surface area (Å²) in [7, 11) is 0. The molecule has 0 aromatic heterocycles. The molecule has 0 N–H and O–H groups in total. The predicted molar refractivity (Wildman–Crippen MR) is 105 cm³/mol. The summed E-state index contributed by atoms with van der Waals surface area (Å²) in [6.07, 6.45) is 3.11. The van der Waals surface area contributed by atoms with E-state index in [1.807, 2.05) is 6.07 Å². The van der Waals surface area contributed by atoms with Gasteiger partial charge in [-0.15, -0.1) is 0 Å². The van der Waals surface area contributed by atoms with Crippen LogP contribution in [0, 0.1) is 16.0 Å². The molecule has 1 saturated carbocycles. The first-order chi connectivity index (χ1) is 13.5. The lowest BCUT2D eigenvalue weighted by Gasteiger charge is -2.41. The SMILES string of the molecule is C[C@@H](c1ccccc1)N1C[C@@H](OC(=O)c2ccc([N+](=O)[O-])cc2)[C@@H]2CC[C@H]1C2. The van der Waals surface area contributed by atoms with E-state index in [4.69, 9.17) is 4.74 Å². The van der Waals surface area contributed by atoms with Crippen LogP contribution in [0.3, 0.4) is 0 Å². The molecule has 0 amide bonds. The monoisotopic (exact) mass is 380 g/mol. The van der Waals surface area contributed by atoms with Crippen LogP contribution < -0.4 is 0 Å². The molecule has 1 aliphatic heterocycles. The smallest absolute Gasteiger partial charge is 0.338 e. The van der Waals surface area contributed by atoms with Crippen LogP contribution in [-0.2, 0) is 4.74 Å². The van der Waals surface area contributed by atoms with E-state index >= 15 is 0 Å². The van der Waals surface area contributed by atoms with Crippen LogP contribution in [0.1, 0.15) is 48.1 Å². The number of carbonyl (C=O) groups is 1. The second-order valence-corrected chi connectivity index (χ2v) is 7.76. The van der Waals surface area contributed by atoms with Gasteiger partial charge in [-0.2, -0.15) is 0 Å². The molecule has 2 bridgehead atoms. The van der Waals surface area contributed by atoms with Crippen molar-refractivity contribution in [3.05, 3.63) is 75.8 Å². The molecular weight excluding hydrogens is 356 g/mol. The molecule has 1 aliphatic carbocycles. The van der Waals surface area contributed by atoms with Crippen molar-refractivity contribution < 1.29 is 14.5 Å². The van der Waals surface area contributed by atoms with Gasteiger partial charge in [0, 0.05) is 30.8 Å². The van der Waals surface area contributed by atoms with Gasteiger partial charge >= 0.3 is 5.97 Å². The number of ether oxygens (including phenoxy) is 1. The van der Waals surface area contributed by atoms with Gasteiger partial charge in [0.2, 0.25) is 0 Å². The Bertz CT molecular complexity index is 853. The number of fused-ring (bicyclic) bond motifs is 2. The Morgan fingerprint density at radius 1 is 1.14 bits per heavy atom. The summed E-state index contributed by atoms with van der Waals surface area (Å²) in [5.74, 6) is -0.0104. The highest BCUT2D eigenvalue weighted by Crippen LogP contribution is 2.42. The molecule has 2 aromatic carbocycles. The molecule has 0 radical (unpaired) electrons. The molecule has 6 nitrogen and oxygen atoms in total. The standard InChI is InChI=1S/C22H24N2O4/c1-15(16-5-3-2-4-6-16)23-14-21(18-9-12-20(23)13-18)28-22(25)17-7-10-19(11-8-17)24(26)27/h2-8,10-11,15,18,20-21H,9,12-14H2,1H3/t15-,18+,20-,21+/m0/s1. The van der Waals surface area contributed by atoms with Gasteiger partial charge in [-0.1, -0.05) is 30.3 Å². The zero-order valence-corrected chi connectivity index (χ0v) is 15.9. The van der Waals surface area contributed by atoms with Crippen molar-refractivity contribution in [1.29, 1.82) is 0 Å². The number of carbonyl (C=O) groups excluding carboxylic acids is 1. The van der Waals surface area contributed by atoms with E-state index in [0.717, 1.165) is 25.8 Å². The third kappa shape index (κ3) is 3.64. The summed E-state index contributed by atoms with van der Waals surface area (Å²) >= 11 is 0. The van der Waals surface area contributed by atoms with Gasteiger partial charge in [-0.25, -0.2) is 4.79 Å². The second kappa shape index (κ2) is 7.72. The highest BCUT2D eigenvalue weighted by molar-refractivity contribution is 5.89. The normalized spacial score (nSPS) is 25.2. The minimum Gasteiger partial charge on any atom is -0.457 e. The number of likely N-dealkylation sites (tertiary alicyclic amines) is 1. The predicted octanol–water partition coefficient (Wildman–Crippen LogP) is 4.37.